The zero-order chi connectivity index (χ0) is 21.2. The second kappa shape index (κ2) is 11.0. The van der Waals surface area contributed by atoms with Crippen LogP contribution >= 0.6 is 0 Å². The van der Waals surface area contributed by atoms with E-state index >= 15 is 0 Å². The number of aliphatic hydroxyl groups is 1. The summed E-state index contributed by atoms with van der Waals surface area (Å²) >= 11 is 0. The predicted molar refractivity (Wildman–Crippen MR) is 115 cm³/mol. The van der Waals surface area contributed by atoms with Crippen LogP contribution in [0.4, 0.5) is 5.69 Å². The van der Waals surface area contributed by atoms with Crippen LogP contribution in [0.1, 0.15) is 15.9 Å². The molecule has 0 aliphatic heterocycles. The molecule has 2 N–H and O–H groups in total. The minimum Gasteiger partial charge on any atom is -0.497 e. The van der Waals surface area contributed by atoms with E-state index in [4.69, 9.17) is 14.2 Å². The molecule has 6 heteroatoms. The SMILES string of the molecule is COc1ccc(COCC(O)COc2ccc(NC(=O)c3ccccc3)cc2)cc1. The van der Waals surface area contributed by atoms with Crippen molar-refractivity contribution in [3.05, 3.63) is 90.0 Å². The Balaban J connectivity index is 1.38. The van der Waals surface area contributed by atoms with Gasteiger partial charge in [-0.3, -0.25) is 4.79 Å². The number of ether oxygens (including phenoxy) is 3. The summed E-state index contributed by atoms with van der Waals surface area (Å²) < 4.78 is 16.2. The maximum atomic E-state index is 12.2. The number of rotatable bonds is 10. The minimum atomic E-state index is -0.749. The fraction of sp³-hybridized carbons (Fsp3) is 0.208. The fourth-order valence-electron chi connectivity index (χ4n) is 2.70. The van der Waals surface area contributed by atoms with Crippen molar-refractivity contribution in [2.24, 2.45) is 0 Å². The number of carbonyl (C=O) groups is 1. The number of anilines is 1. The number of methoxy groups -OCH3 is 1. The summed E-state index contributed by atoms with van der Waals surface area (Å²) in [5, 5.41) is 12.9. The molecule has 3 aromatic rings. The van der Waals surface area contributed by atoms with Gasteiger partial charge >= 0.3 is 0 Å². The molecule has 3 aromatic carbocycles. The maximum absolute atomic E-state index is 12.2. The highest BCUT2D eigenvalue weighted by molar-refractivity contribution is 6.04. The predicted octanol–water partition coefficient (Wildman–Crippen LogP) is 3.90. The summed E-state index contributed by atoms with van der Waals surface area (Å²) in [6.07, 6.45) is -0.749. The molecule has 0 saturated carbocycles. The molecule has 30 heavy (non-hydrogen) atoms. The van der Waals surface area contributed by atoms with Gasteiger partial charge in [-0.1, -0.05) is 30.3 Å². The summed E-state index contributed by atoms with van der Waals surface area (Å²) in [5.41, 5.74) is 2.26. The smallest absolute Gasteiger partial charge is 0.255 e. The molecule has 0 fully saturated rings. The van der Waals surface area contributed by atoms with Crippen LogP contribution in [0.2, 0.25) is 0 Å². The molecule has 0 heterocycles. The van der Waals surface area contributed by atoms with Crippen LogP contribution in [0, 0.1) is 0 Å². The normalized spacial score (nSPS) is 11.5. The molecular weight excluding hydrogens is 382 g/mol. The average Bonchev–Trinajstić information content (AvgIpc) is 2.79. The van der Waals surface area contributed by atoms with Gasteiger partial charge in [0.05, 0.1) is 20.3 Å². The first-order valence-electron chi connectivity index (χ1n) is 9.62. The van der Waals surface area contributed by atoms with E-state index in [0.717, 1.165) is 11.3 Å². The van der Waals surface area contributed by atoms with E-state index < -0.39 is 6.10 Å². The van der Waals surface area contributed by atoms with Gasteiger partial charge in [-0.25, -0.2) is 0 Å². The molecule has 1 atom stereocenters. The van der Waals surface area contributed by atoms with Gasteiger partial charge in [0.15, 0.2) is 0 Å². The van der Waals surface area contributed by atoms with Gasteiger partial charge in [0.2, 0.25) is 0 Å². The van der Waals surface area contributed by atoms with Crippen molar-refractivity contribution in [1.29, 1.82) is 0 Å². The van der Waals surface area contributed by atoms with E-state index in [9.17, 15) is 9.90 Å². The highest BCUT2D eigenvalue weighted by atomic mass is 16.5. The Bertz CT molecular complexity index is 911. The van der Waals surface area contributed by atoms with Crippen molar-refractivity contribution in [1.82, 2.24) is 0 Å². The van der Waals surface area contributed by atoms with Crippen molar-refractivity contribution in [3.63, 3.8) is 0 Å². The molecule has 0 aliphatic carbocycles. The molecular formula is C24H25NO5. The first-order chi connectivity index (χ1) is 14.6. The Morgan fingerprint density at radius 1 is 0.900 bits per heavy atom. The van der Waals surface area contributed by atoms with Gasteiger partial charge in [-0.15, -0.1) is 0 Å². The van der Waals surface area contributed by atoms with Crippen molar-refractivity contribution < 1.29 is 24.1 Å². The lowest BCUT2D eigenvalue weighted by Gasteiger charge is -2.13. The van der Waals surface area contributed by atoms with Crippen LogP contribution < -0.4 is 14.8 Å². The van der Waals surface area contributed by atoms with E-state index in [-0.39, 0.29) is 19.1 Å². The van der Waals surface area contributed by atoms with Crippen molar-refractivity contribution in [2.45, 2.75) is 12.7 Å². The molecule has 0 saturated heterocycles. The maximum Gasteiger partial charge on any atom is 0.255 e. The number of benzene rings is 3. The molecule has 156 valence electrons. The molecule has 6 nitrogen and oxygen atoms in total. The summed E-state index contributed by atoms with van der Waals surface area (Å²) in [6, 6.07) is 23.6. The molecule has 0 aliphatic rings. The van der Waals surface area contributed by atoms with Crippen molar-refractivity contribution in [3.8, 4) is 11.5 Å². The van der Waals surface area contributed by atoms with E-state index in [2.05, 4.69) is 5.32 Å². The van der Waals surface area contributed by atoms with Gasteiger partial charge in [0.25, 0.3) is 5.91 Å². The molecule has 0 radical (unpaired) electrons. The third-order valence-corrected chi connectivity index (χ3v) is 4.33. The number of carbonyl (C=O) groups excluding carboxylic acids is 1. The van der Waals surface area contributed by atoms with Gasteiger partial charge in [-0.2, -0.15) is 0 Å². The van der Waals surface area contributed by atoms with Gasteiger partial charge in [0.1, 0.15) is 24.2 Å². The van der Waals surface area contributed by atoms with E-state index in [1.54, 1.807) is 43.5 Å². The van der Waals surface area contributed by atoms with Gasteiger partial charge < -0.3 is 24.6 Å². The summed E-state index contributed by atoms with van der Waals surface area (Å²) in [4.78, 5) is 12.2. The first kappa shape index (κ1) is 21.4. The Hall–Kier alpha value is -3.35. The fourth-order valence-corrected chi connectivity index (χ4v) is 2.70. The van der Waals surface area contributed by atoms with E-state index in [1.807, 2.05) is 42.5 Å². The number of aliphatic hydroxyl groups excluding tert-OH is 1. The summed E-state index contributed by atoms with van der Waals surface area (Å²) in [7, 11) is 1.62. The second-order valence-electron chi connectivity index (χ2n) is 6.67. The molecule has 1 amide bonds. The van der Waals surface area contributed by atoms with Crippen LogP contribution in [0.5, 0.6) is 11.5 Å². The number of nitrogens with one attached hydrogen (secondary N) is 1. The Kier molecular flexibility index (Phi) is 7.83. The zero-order valence-corrected chi connectivity index (χ0v) is 16.8. The van der Waals surface area contributed by atoms with Crippen LogP contribution in [0.25, 0.3) is 0 Å². The molecule has 0 spiro atoms. The van der Waals surface area contributed by atoms with Gasteiger partial charge in [0, 0.05) is 11.3 Å². The summed E-state index contributed by atoms with van der Waals surface area (Å²) in [6.45, 7) is 0.673. The van der Waals surface area contributed by atoms with Gasteiger partial charge in [-0.05, 0) is 54.1 Å². The largest absolute Gasteiger partial charge is 0.497 e. The minimum absolute atomic E-state index is 0.109. The third kappa shape index (κ3) is 6.62. The van der Waals surface area contributed by atoms with Crippen molar-refractivity contribution in [2.75, 3.05) is 25.6 Å². The topological polar surface area (TPSA) is 77.0 Å². The van der Waals surface area contributed by atoms with Crippen LogP contribution in [-0.4, -0.2) is 37.4 Å². The average molecular weight is 407 g/mol. The van der Waals surface area contributed by atoms with Crippen LogP contribution in [0.3, 0.4) is 0 Å². The highest BCUT2D eigenvalue weighted by Crippen LogP contribution is 2.17. The lowest BCUT2D eigenvalue weighted by atomic mass is 10.2. The lowest BCUT2D eigenvalue weighted by Crippen LogP contribution is -2.23. The molecule has 0 bridgehead atoms. The Morgan fingerprint density at radius 2 is 1.57 bits per heavy atom. The summed E-state index contributed by atoms with van der Waals surface area (Å²) in [5.74, 6) is 1.22. The first-order valence-corrected chi connectivity index (χ1v) is 9.62. The number of hydrogen-bond acceptors (Lipinski definition) is 5. The molecule has 1 unspecified atom stereocenters. The highest BCUT2D eigenvalue weighted by Gasteiger charge is 2.08. The van der Waals surface area contributed by atoms with Crippen LogP contribution in [-0.2, 0) is 11.3 Å². The van der Waals surface area contributed by atoms with Crippen molar-refractivity contribution >= 4 is 11.6 Å². The lowest BCUT2D eigenvalue weighted by molar-refractivity contribution is 0.00548. The van der Waals surface area contributed by atoms with E-state index in [0.29, 0.717) is 23.6 Å². The Labute approximate surface area is 176 Å². The Morgan fingerprint density at radius 3 is 2.23 bits per heavy atom. The quantitative estimate of drug-likeness (QED) is 0.533. The second-order valence-corrected chi connectivity index (χ2v) is 6.67. The van der Waals surface area contributed by atoms with E-state index in [1.165, 1.54) is 0 Å². The zero-order valence-electron chi connectivity index (χ0n) is 16.8. The monoisotopic (exact) mass is 407 g/mol. The molecule has 0 aromatic heterocycles. The third-order valence-electron chi connectivity index (χ3n) is 4.33. The number of amides is 1. The molecule has 3 rings (SSSR count). The standard InChI is InChI=1S/C24H25NO5/c1-28-22-11-7-18(8-12-22)15-29-16-21(26)17-30-23-13-9-20(10-14-23)25-24(27)19-5-3-2-4-6-19/h2-14,21,26H,15-17H2,1H3,(H,25,27). The van der Waals surface area contributed by atoms with Crippen LogP contribution in [0.15, 0.2) is 78.9 Å². The number of hydrogen-bond donors (Lipinski definition) is 2.